The number of amides is 1. The van der Waals surface area contributed by atoms with Crippen molar-refractivity contribution in [2.75, 3.05) is 5.32 Å². The maximum atomic E-state index is 11.3. The van der Waals surface area contributed by atoms with Crippen LogP contribution in [0.15, 0.2) is 10.8 Å². The first kappa shape index (κ1) is 8.29. The van der Waals surface area contributed by atoms with Crippen molar-refractivity contribution in [2.45, 2.75) is 26.2 Å². The van der Waals surface area contributed by atoms with Gasteiger partial charge in [-0.25, -0.2) is 0 Å². The van der Waals surface area contributed by atoms with Gasteiger partial charge in [-0.1, -0.05) is 5.16 Å². The van der Waals surface area contributed by atoms with Crippen molar-refractivity contribution in [3.63, 3.8) is 0 Å². The Morgan fingerprint density at radius 1 is 1.77 bits per heavy atom. The van der Waals surface area contributed by atoms with Gasteiger partial charge >= 0.3 is 0 Å². The molecule has 0 aromatic carbocycles. The third kappa shape index (κ3) is 2.08. The molecule has 1 fully saturated rings. The van der Waals surface area contributed by atoms with Gasteiger partial charge in [0.25, 0.3) is 0 Å². The second-order valence-electron chi connectivity index (χ2n) is 3.54. The first-order valence-electron chi connectivity index (χ1n) is 4.46. The summed E-state index contributed by atoms with van der Waals surface area (Å²) >= 11 is 0. The molecule has 0 atom stereocenters. The van der Waals surface area contributed by atoms with Gasteiger partial charge < -0.3 is 9.84 Å². The van der Waals surface area contributed by atoms with Crippen molar-refractivity contribution < 1.29 is 9.32 Å². The molecular formula is C9H12N2O2. The van der Waals surface area contributed by atoms with Gasteiger partial charge in [0, 0.05) is 12.0 Å². The van der Waals surface area contributed by atoms with Crippen LogP contribution >= 0.6 is 0 Å². The van der Waals surface area contributed by atoms with E-state index in [4.69, 9.17) is 4.52 Å². The highest BCUT2D eigenvalue weighted by Gasteiger charge is 2.24. The quantitative estimate of drug-likeness (QED) is 0.770. The number of carbonyl (C=O) groups is 1. The molecule has 0 aliphatic heterocycles. The fourth-order valence-corrected chi connectivity index (χ4v) is 1.17. The molecule has 1 aromatic heterocycles. The summed E-state index contributed by atoms with van der Waals surface area (Å²) in [6.07, 6.45) is 4.51. The second kappa shape index (κ2) is 3.20. The Hall–Kier alpha value is -1.32. The van der Waals surface area contributed by atoms with E-state index in [1.165, 1.54) is 19.1 Å². The maximum Gasteiger partial charge on any atom is 0.225 e. The number of rotatable bonds is 3. The fourth-order valence-electron chi connectivity index (χ4n) is 1.17. The van der Waals surface area contributed by atoms with E-state index in [-0.39, 0.29) is 5.91 Å². The molecule has 1 N–H and O–H groups in total. The van der Waals surface area contributed by atoms with Crippen LogP contribution in [0, 0.1) is 12.8 Å². The zero-order valence-corrected chi connectivity index (χ0v) is 7.54. The molecule has 4 heteroatoms. The molecule has 0 spiro atoms. The Morgan fingerprint density at radius 3 is 3.08 bits per heavy atom. The van der Waals surface area contributed by atoms with Crippen LogP contribution in [-0.2, 0) is 4.79 Å². The molecule has 1 heterocycles. The van der Waals surface area contributed by atoms with Crippen LogP contribution in [0.25, 0.3) is 0 Å². The van der Waals surface area contributed by atoms with Gasteiger partial charge in [-0.05, 0) is 25.7 Å². The molecule has 1 aliphatic carbocycles. The predicted molar refractivity (Wildman–Crippen MR) is 47.2 cm³/mol. The van der Waals surface area contributed by atoms with E-state index in [0.717, 1.165) is 5.56 Å². The van der Waals surface area contributed by atoms with Crippen LogP contribution in [-0.4, -0.2) is 11.1 Å². The number of nitrogens with zero attached hydrogens (tertiary/aromatic N) is 1. The summed E-state index contributed by atoms with van der Waals surface area (Å²) in [4.78, 5) is 11.3. The minimum atomic E-state index is 0.0412. The van der Waals surface area contributed by atoms with Gasteiger partial charge in [0.2, 0.25) is 5.91 Å². The normalized spacial score (nSPS) is 15.8. The summed E-state index contributed by atoms with van der Waals surface area (Å²) in [6.45, 7) is 1.85. The summed E-state index contributed by atoms with van der Waals surface area (Å²) in [7, 11) is 0. The Morgan fingerprint density at radius 2 is 2.54 bits per heavy atom. The van der Waals surface area contributed by atoms with Crippen molar-refractivity contribution in [3.8, 4) is 0 Å². The molecule has 1 aliphatic rings. The maximum absolute atomic E-state index is 11.3. The smallest absolute Gasteiger partial charge is 0.225 e. The van der Waals surface area contributed by atoms with Crippen LogP contribution < -0.4 is 5.32 Å². The number of aromatic nitrogens is 1. The van der Waals surface area contributed by atoms with Crippen LogP contribution in [0.5, 0.6) is 0 Å². The third-order valence-corrected chi connectivity index (χ3v) is 2.18. The van der Waals surface area contributed by atoms with E-state index in [9.17, 15) is 4.79 Å². The van der Waals surface area contributed by atoms with Crippen LogP contribution in [0.2, 0.25) is 0 Å². The molecule has 0 saturated heterocycles. The SMILES string of the molecule is Cc1conc1NC(=O)CC1CC1. The molecule has 1 aromatic rings. The van der Waals surface area contributed by atoms with E-state index in [1.54, 1.807) is 0 Å². The molecule has 1 saturated carbocycles. The number of nitrogens with one attached hydrogen (secondary N) is 1. The van der Waals surface area contributed by atoms with E-state index in [0.29, 0.717) is 18.2 Å². The topological polar surface area (TPSA) is 55.1 Å². The molecule has 0 unspecified atom stereocenters. The lowest BCUT2D eigenvalue weighted by Gasteiger charge is -1.99. The standard InChI is InChI=1S/C9H12N2O2/c1-6-5-13-11-9(6)10-8(12)4-7-2-3-7/h5,7H,2-4H2,1H3,(H,10,11,12). The lowest BCUT2D eigenvalue weighted by Crippen LogP contribution is -2.12. The minimum absolute atomic E-state index is 0.0412. The summed E-state index contributed by atoms with van der Waals surface area (Å²) in [5.74, 6) is 1.19. The number of hydrogen-bond donors (Lipinski definition) is 1. The van der Waals surface area contributed by atoms with Crippen molar-refractivity contribution in [1.82, 2.24) is 5.16 Å². The average Bonchev–Trinajstić information content (AvgIpc) is 2.79. The first-order chi connectivity index (χ1) is 6.25. The third-order valence-electron chi connectivity index (χ3n) is 2.18. The first-order valence-corrected chi connectivity index (χ1v) is 4.46. The summed E-state index contributed by atoms with van der Waals surface area (Å²) in [6, 6.07) is 0. The Labute approximate surface area is 76.3 Å². The molecule has 2 rings (SSSR count). The molecule has 1 amide bonds. The van der Waals surface area contributed by atoms with E-state index in [1.807, 2.05) is 6.92 Å². The number of carbonyl (C=O) groups excluding carboxylic acids is 1. The Kier molecular flexibility index (Phi) is 2.04. The van der Waals surface area contributed by atoms with Gasteiger partial charge in [-0.2, -0.15) is 0 Å². The average molecular weight is 180 g/mol. The van der Waals surface area contributed by atoms with Gasteiger partial charge in [0.1, 0.15) is 6.26 Å². The summed E-state index contributed by atoms with van der Waals surface area (Å²) < 4.78 is 4.70. The van der Waals surface area contributed by atoms with Crippen molar-refractivity contribution in [3.05, 3.63) is 11.8 Å². The highest BCUT2D eigenvalue weighted by molar-refractivity contribution is 5.90. The summed E-state index contributed by atoms with van der Waals surface area (Å²) in [5, 5.41) is 6.39. The minimum Gasteiger partial charge on any atom is -0.362 e. The van der Waals surface area contributed by atoms with Gasteiger partial charge in [-0.15, -0.1) is 0 Å². The zero-order valence-electron chi connectivity index (χ0n) is 7.54. The number of anilines is 1. The lowest BCUT2D eigenvalue weighted by molar-refractivity contribution is -0.116. The van der Waals surface area contributed by atoms with Gasteiger partial charge in [-0.3, -0.25) is 4.79 Å². The Balaban J connectivity index is 1.89. The molecule has 0 radical (unpaired) electrons. The van der Waals surface area contributed by atoms with E-state index in [2.05, 4.69) is 10.5 Å². The van der Waals surface area contributed by atoms with Crippen LogP contribution in [0.3, 0.4) is 0 Å². The lowest BCUT2D eigenvalue weighted by atomic mass is 10.3. The van der Waals surface area contributed by atoms with Crippen LogP contribution in [0.1, 0.15) is 24.8 Å². The number of hydrogen-bond acceptors (Lipinski definition) is 3. The highest BCUT2D eigenvalue weighted by Crippen LogP contribution is 2.32. The van der Waals surface area contributed by atoms with Gasteiger partial charge in [0.15, 0.2) is 5.82 Å². The predicted octanol–water partition coefficient (Wildman–Crippen LogP) is 1.72. The number of aryl methyl sites for hydroxylation is 1. The highest BCUT2D eigenvalue weighted by atomic mass is 16.5. The molecule has 70 valence electrons. The van der Waals surface area contributed by atoms with E-state index < -0.39 is 0 Å². The fraction of sp³-hybridized carbons (Fsp3) is 0.556. The molecular weight excluding hydrogens is 168 g/mol. The monoisotopic (exact) mass is 180 g/mol. The van der Waals surface area contributed by atoms with Crippen LogP contribution in [0.4, 0.5) is 5.82 Å². The van der Waals surface area contributed by atoms with Crippen molar-refractivity contribution >= 4 is 11.7 Å². The molecule has 0 bridgehead atoms. The van der Waals surface area contributed by atoms with Crippen molar-refractivity contribution in [2.24, 2.45) is 5.92 Å². The Bertz CT molecular complexity index is 315. The molecule has 13 heavy (non-hydrogen) atoms. The molecule has 4 nitrogen and oxygen atoms in total. The largest absolute Gasteiger partial charge is 0.362 e. The van der Waals surface area contributed by atoms with Gasteiger partial charge in [0.05, 0.1) is 0 Å². The van der Waals surface area contributed by atoms with Crippen molar-refractivity contribution in [1.29, 1.82) is 0 Å². The zero-order chi connectivity index (χ0) is 9.26. The summed E-state index contributed by atoms with van der Waals surface area (Å²) in [5.41, 5.74) is 0.865. The second-order valence-corrected chi connectivity index (χ2v) is 3.54. The van der Waals surface area contributed by atoms with E-state index >= 15 is 0 Å².